The number of hydrogen-bond acceptors (Lipinski definition) is 1. The molecule has 2 nitrogen and oxygen atoms in total. The van der Waals surface area contributed by atoms with Gasteiger partial charge in [0.25, 0.3) is 5.56 Å². The van der Waals surface area contributed by atoms with Gasteiger partial charge in [-0.2, -0.15) is 0 Å². The molecule has 1 aromatic heterocycles. The Balaban J connectivity index is 2.27. The number of rotatable bonds is 1. The van der Waals surface area contributed by atoms with Gasteiger partial charge < -0.3 is 4.57 Å². The van der Waals surface area contributed by atoms with Crippen molar-refractivity contribution in [3.63, 3.8) is 0 Å². The number of nitrogens with zero attached hydrogens (tertiary/aromatic N) is 1. The zero-order chi connectivity index (χ0) is 15.3. The van der Waals surface area contributed by atoms with Crippen LogP contribution in [0.3, 0.4) is 0 Å². The van der Waals surface area contributed by atoms with Crippen LogP contribution < -0.4 is 5.56 Å². The fourth-order valence-electron chi connectivity index (χ4n) is 3.33. The summed E-state index contributed by atoms with van der Waals surface area (Å²) in [5, 5.41) is 2.87. The molecule has 0 fully saturated rings. The standard InChI is InChI=1S/C20H15NO/c1-3-7-14-12-21-19-15(13(14)2)10-6-11-17(19)16-8-4-5-9-18(16)20(21)22/h3-11H,1-2,12H2/b14-7-. The van der Waals surface area contributed by atoms with Crippen LogP contribution in [0.4, 0.5) is 0 Å². The largest absolute Gasteiger partial charge is 0.303 e. The second-order valence-electron chi connectivity index (χ2n) is 5.54. The Bertz CT molecular complexity index is 1050. The molecule has 0 aliphatic carbocycles. The molecule has 0 amide bonds. The molecule has 106 valence electrons. The van der Waals surface area contributed by atoms with Crippen molar-refractivity contribution in [1.82, 2.24) is 4.57 Å². The van der Waals surface area contributed by atoms with Gasteiger partial charge in [-0.3, -0.25) is 4.79 Å². The van der Waals surface area contributed by atoms with Crippen LogP contribution in [0.15, 0.2) is 78.1 Å². The predicted octanol–water partition coefficient (Wildman–Crippen LogP) is 4.29. The van der Waals surface area contributed by atoms with Gasteiger partial charge >= 0.3 is 0 Å². The summed E-state index contributed by atoms with van der Waals surface area (Å²) in [6, 6.07) is 13.9. The minimum absolute atomic E-state index is 0.0537. The molecule has 4 rings (SSSR count). The average Bonchev–Trinajstić information content (AvgIpc) is 2.56. The van der Waals surface area contributed by atoms with E-state index in [4.69, 9.17) is 0 Å². The molecule has 0 bridgehead atoms. The molecule has 2 aromatic carbocycles. The molecule has 0 spiro atoms. The van der Waals surface area contributed by atoms with Crippen LogP contribution in [0, 0.1) is 0 Å². The van der Waals surface area contributed by atoms with Crippen molar-refractivity contribution < 1.29 is 0 Å². The van der Waals surface area contributed by atoms with Crippen LogP contribution in [-0.2, 0) is 6.54 Å². The Morgan fingerprint density at radius 2 is 1.73 bits per heavy atom. The van der Waals surface area contributed by atoms with E-state index in [9.17, 15) is 4.79 Å². The summed E-state index contributed by atoms with van der Waals surface area (Å²) in [7, 11) is 0. The van der Waals surface area contributed by atoms with Crippen molar-refractivity contribution >= 4 is 27.2 Å². The van der Waals surface area contributed by atoms with Crippen molar-refractivity contribution in [3.8, 4) is 0 Å². The first-order chi connectivity index (χ1) is 10.7. The minimum atomic E-state index is 0.0537. The van der Waals surface area contributed by atoms with E-state index >= 15 is 0 Å². The summed E-state index contributed by atoms with van der Waals surface area (Å²) >= 11 is 0. The third kappa shape index (κ3) is 1.58. The summed E-state index contributed by atoms with van der Waals surface area (Å²) in [6.07, 6.45) is 3.68. The molecule has 2 heterocycles. The van der Waals surface area contributed by atoms with Crippen LogP contribution in [0.2, 0.25) is 0 Å². The number of para-hydroxylation sites is 1. The van der Waals surface area contributed by atoms with Gasteiger partial charge in [0.2, 0.25) is 0 Å². The monoisotopic (exact) mass is 285 g/mol. The summed E-state index contributed by atoms with van der Waals surface area (Å²) in [5.74, 6) is 0. The quantitative estimate of drug-likeness (QED) is 0.611. The SMILES string of the molecule is C=C/C=C1/Cn2c(=O)c3ccccc3c3cccc(c32)C1=C. The Morgan fingerprint density at radius 1 is 1.00 bits per heavy atom. The van der Waals surface area contributed by atoms with Gasteiger partial charge in [-0.25, -0.2) is 0 Å². The second-order valence-corrected chi connectivity index (χ2v) is 5.54. The van der Waals surface area contributed by atoms with Gasteiger partial charge in [0.1, 0.15) is 0 Å². The number of hydrogen-bond donors (Lipinski definition) is 0. The zero-order valence-electron chi connectivity index (χ0n) is 12.2. The predicted molar refractivity (Wildman–Crippen MR) is 93.0 cm³/mol. The summed E-state index contributed by atoms with van der Waals surface area (Å²) in [6.45, 7) is 8.52. The molecule has 0 N–H and O–H groups in total. The van der Waals surface area contributed by atoms with E-state index in [0.29, 0.717) is 6.54 Å². The van der Waals surface area contributed by atoms with Crippen LogP contribution >= 0.6 is 0 Å². The fourth-order valence-corrected chi connectivity index (χ4v) is 3.33. The minimum Gasteiger partial charge on any atom is -0.303 e. The maximum Gasteiger partial charge on any atom is 0.259 e. The highest BCUT2D eigenvalue weighted by molar-refractivity contribution is 6.10. The van der Waals surface area contributed by atoms with Crippen LogP contribution in [0.25, 0.3) is 27.2 Å². The smallest absolute Gasteiger partial charge is 0.259 e. The molecular formula is C20H15NO. The maximum absolute atomic E-state index is 12.9. The topological polar surface area (TPSA) is 22.0 Å². The van der Waals surface area contributed by atoms with E-state index in [0.717, 1.165) is 38.4 Å². The van der Waals surface area contributed by atoms with Crippen molar-refractivity contribution in [2.24, 2.45) is 0 Å². The molecule has 0 unspecified atom stereocenters. The maximum atomic E-state index is 12.9. The third-order valence-corrected chi connectivity index (χ3v) is 4.36. The number of pyridine rings is 1. The number of fused-ring (bicyclic) bond motifs is 2. The van der Waals surface area contributed by atoms with Gasteiger partial charge in [-0.1, -0.05) is 61.7 Å². The summed E-state index contributed by atoms with van der Waals surface area (Å²) < 4.78 is 1.86. The van der Waals surface area contributed by atoms with E-state index in [1.54, 1.807) is 6.08 Å². The van der Waals surface area contributed by atoms with Gasteiger partial charge in [0.05, 0.1) is 12.1 Å². The highest BCUT2D eigenvalue weighted by Crippen LogP contribution is 2.36. The lowest BCUT2D eigenvalue weighted by atomic mass is 9.91. The van der Waals surface area contributed by atoms with Gasteiger partial charge in [-0.05, 0) is 22.6 Å². The van der Waals surface area contributed by atoms with Gasteiger partial charge in [0, 0.05) is 16.3 Å². The molecule has 0 atom stereocenters. The molecule has 2 heteroatoms. The van der Waals surface area contributed by atoms with E-state index in [-0.39, 0.29) is 5.56 Å². The van der Waals surface area contributed by atoms with Crippen molar-refractivity contribution in [3.05, 3.63) is 89.3 Å². The Morgan fingerprint density at radius 3 is 2.50 bits per heavy atom. The number of aromatic nitrogens is 1. The molecule has 0 saturated heterocycles. The summed E-state index contributed by atoms with van der Waals surface area (Å²) in [5.41, 5.74) is 4.07. The molecular weight excluding hydrogens is 270 g/mol. The molecule has 1 aliphatic heterocycles. The van der Waals surface area contributed by atoms with E-state index in [1.807, 2.05) is 47.0 Å². The lowest BCUT2D eigenvalue weighted by Crippen LogP contribution is -2.25. The Kier molecular flexibility index (Phi) is 2.67. The van der Waals surface area contributed by atoms with Crippen molar-refractivity contribution in [2.75, 3.05) is 0 Å². The van der Waals surface area contributed by atoms with E-state index in [1.165, 1.54) is 0 Å². The zero-order valence-corrected chi connectivity index (χ0v) is 12.2. The average molecular weight is 285 g/mol. The van der Waals surface area contributed by atoms with Crippen molar-refractivity contribution in [2.45, 2.75) is 6.54 Å². The normalized spacial score (nSPS) is 15.6. The number of benzene rings is 2. The highest BCUT2D eigenvalue weighted by Gasteiger charge is 2.21. The first-order valence-electron chi connectivity index (χ1n) is 7.28. The van der Waals surface area contributed by atoms with Gasteiger partial charge in [0.15, 0.2) is 0 Å². The molecule has 0 saturated carbocycles. The number of allylic oxidation sites excluding steroid dienone is 4. The van der Waals surface area contributed by atoms with Crippen LogP contribution in [-0.4, -0.2) is 4.57 Å². The lowest BCUT2D eigenvalue weighted by Gasteiger charge is -2.24. The van der Waals surface area contributed by atoms with Crippen molar-refractivity contribution in [1.29, 1.82) is 0 Å². The second kappa shape index (κ2) is 4.57. The molecule has 0 radical (unpaired) electrons. The fraction of sp³-hybridized carbons (Fsp3) is 0.0500. The first kappa shape index (κ1) is 12.8. The van der Waals surface area contributed by atoms with Gasteiger partial charge in [-0.15, -0.1) is 0 Å². The Hall–Kier alpha value is -2.87. The molecule has 22 heavy (non-hydrogen) atoms. The Labute approximate surface area is 128 Å². The lowest BCUT2D eigenvalue weighted by molar-refractivity contribution is 0.793. The van der Waals surface area contributed by atoms with Crippen LogP contribution in [0.1, 0.15) is 5.56 Å². The molecule has 3 aromatic rings. The van der Waals surface area contributed by atoms with Crippen LogP contribution in [0.5, 0.6) is 0 Å². The third-order valence-electron chi connectivity index (χ3n) is 4.36. The van der Waals surface area contributed by atoms with E-state index in [2.05, 4.69) is 19.2 Å². The highest BCUT2D eigenvalue weighted by atomic mass is 16.1. The summed E-state index contributed by atoms with van der Waals surface area (Å²) in [4.78, 5) is 12.9. The van der Waals surface area contributed by atoms with E-state index < -0.39 is 0 Å². The first-order valence-corrected chi connectivity index (χ1v) is 7.28. The molecule has 1 aliphatic rings.